The van der Waals surface area contributed by atoms with Crippen LogP contribution in [-0.4, -0.2) is 35.2 Å². The summed E-state index contributed by atoms with van der Waals surface area (Å²) in [6.45, 7) is 5.68. The molecule has 9 nitrogen and oxygen atoms in total. The molecule has 1 aromatic carbocycles. The number of nitrogens with one attached hydrogen (secondary N) is 1. The molecule has 1 amide bonds. The normalized spacial score (nSPS) is 11.5. The third-order valence-electron chi connectivity index (χ3n) is 2.87. The number of hydrogen-bond acceptors (Lipinski definition) is 8. The van der Waals surface area contributed by atoms with E-state index in [-0.39, 0.29) is 23.7 Å². The third-order valence-corrected chi connectivity index (χ3v) is 6.21. The van der Waals surface area contributed by atoms with Gasteiger partial charge in [0.25, 0.3) is 0 Å². The van der Waals surface area contributed by atoms with Crippen LogP contribution < -0.4 is 5.32 Å². The highest BCUT2D eigenvalue weighted by molar-refractivity contribution is 8.77. The van der Waals surface area contributed by atoms with E-state index in [2.05, 4.69) is 15.3 Å². The van der Waals surface area contributed by atoms with E-state index in [1.807, 2.05) is 20.8 Å². The molecule has 1 N–H and O–H groups in total. The summed E-state index contributed by atoms with van der Waals surface area (Å²) in [7, 11) is 2.98. The van der Waals surface area contributed by atoms with Crippen molar-refractivity contribution in [1.82, 2.24) is 5.32 Å². The minimum Gasteiger partial charge on any atom is -0.449 e. The van der Waals surface area contributed by atoms with Crippen molar-refractivity contribution in [2.75, 3.05) is 12.4 Å². The molecule has 150 valence electrons. The Bertz CT molecular complexity index is 752. The Morgan fingerprint density at radius 1 is 1.32 bits per heavy atom. The SMILES string of the molecule is CC(C)(C)SSC[C@@H](NC(=O)OCc1ccc(N=[N+]=[N-])cc1)C(=O)OCC#N. The monoisotopic (exact) mass is 423 g/mol. The summed E-state index contributed by atoms with van der Waals surface area (Å²) in [4.78, 5) is 26.8. The first kappa shape index (κ1) is 23.5. The van der Waals surface area contributed by atoms with Crippen molar-refractivity contribution in [3.8, 4) is 6.07 Å². The standard InChI is InChI=1S/C17H21N5O4S2/c1-17(2,3)28-27-11-14(15(23)25-9-8-18)20-16(24)26-10-12-4-6-13(7-5-12)21-22-19/h4-7,14H,9-11H2,1-3H3,(H,20,24)/t14-/m1/s1. The summed E-state index contributed by atoms with van der Waals surface area (Å²) in [6.07, 6.45) is -0.778. The zero-order valence-electron chi connectivity index (χ0n) is 15.7. The lowest BCUT2D eigenvalue weighted by Crippen LogP contribution is -2.43. The molecule has 0 saturated heterocycles. The molecule has 1 aromatic rings. The molecule has 28 heavy (non-hydrogen) atoms. The van der Waals surface area contributed by atoms with E-state index >= 15 is 0 Å². The minimum atomic E-state index is -0.937. The van der Waals surface area contributed by atoms with Crippen LogP contribution in [0.15, 0.2) is 29.4 Å². The van der Waals surface area contributed by atoms with E-state index in [4.69, 9.17) is 20.3 Å². The van der Waals surface area contributed by atoms with Gasteiger partial charge in [-0.1, -0.05) is 71.7 Å². The van der Waals surface area contributed by atoms with Crippen LogP contribution in [-0.2, 0) is 20.9 Å². The van der Waals surface area contributed by atoms with Crippen LogP contribution in [0.5, 0.6) is 0 Å². The number of nitriles is 1. The van der Waals surface area contributed by atoms with Crippen LogP contribution >= 0.6 is 21.6 Å². The van der Waals surface area contributed by atoms with Gasteiger partial charge in [-0.3, -0.25) is 0 Å². The highest BCUT2D eigenvalue weighted by atomic mass is 33.1. The maximum atomic E-state index is 12.1. The summed E-state index contributed by atoms with van der Waals surface area (Å²) in [5.41, 5.74) is 9.51. The molecule has 0 unspecified atom stereocenters. The maximum Gasteiger partial charge on any atom is 0.408 e. The number of rotatable bonds is 9. The van der Waals surface area contributed by atoms with Gasteiger partial charge >= 0.3 is 12.1 Å². The number of alkyl carbamates (subject to hydrolysis) is 1. The lowest BCUT2D eigenvalue weighted by molar-refractivity contribution is -0.143. The number of carbonyl (C=O) groups excluding carboxylic acids is 2. The summed E-state index contributed by atoms with van der Waals surface area (Å²) in [6, 6.07) is 7.29. The van der Waals surface area contributed by atoms with Crippen LogP contribution in [0.2, 0.25) is 0 Å². The Kier molecular flexibility index (Phi) is 10.1. The molecule has 0 saturated carbocycles. The molecule has 0 bridgehead atoms. The highest BCUT2D eigenvalue weighted by Gasteiger charge is 2.24. The van der Waals surface area contributed by atoms with Gasteiger partial charge in [-0.2, -0.15) is 5.26 Å². The van der Waals surface area contributed by atoms with E-state index in [0.29, 0.717) is 11.3 Å². The molecule has 0 fully saturated rings. The Morgan fingerprint density at radius 3 is 2.57 bits per heavy atom. The summed E-state index contributed by atoms with van der Waals surface area (Å²) < 4.78 is 9.90. The van der Waals surface area contributed by atoms with Crippen molar-refractivity contribution in [1.29, 1.82) is 5.26 Å². The first-order chi connectivity index (χ1) is 13.2. The third kappa shape index (κ3) is 9.97. The number of carbonyl (C=O) groups is 2. The topological polar surface area (TPSA) is 137 Å². The van der Waals surface area contributed by atoms with Crippen molar-refractivity contribution in [3.05, 3.63) is 40.3 Å². The predicted octanol–water partition coefficient (Wildman–Crippen LogP) is 4.47. The second-order valence-electron chi connectivity index (χ2n) is 6.37. The van der Waals surface area contributed by atoms with Gasteiger partial charge in [-0.15, -0.1) is 0 Å². The molecule has 1 atom stereocenters. The summed E-state index contributed by atoms with van der Waals surface area (Å²) in [5, 5.41) is 14.5. The van der Waals surface area contributed by atoms with Gasteiger partial charge in [0.05, 0.1) is 0 Å². The van der Waals surface area contributed by atoms with Crippen molar-refractivity contribution >= 4 is 39.3 Å². The highest BCUT2D eigenvalue weighted by Crippen LogP contribution is 2.35. The molecule has 0 heterocycles. The van der Waals surface area contributed by atoms with Crippen LogP contribution in [0.1, 0.15) is 26.3 Å². The molecule has 0 aliphatic carbocycles. The quantitative estimate of drug-likeness (QED) is 0.203. The number of hydrogen-bond donors (Lipinski definition) is 1. The molecular formula is C17H21N5O4S2. The Morgan fingerprint density at radius 2 is 2.00 bits per heavy atom. The molecule has 0 aliphatic rings. The van der Waals surface area contributed by atoms with Crippen LogP contribution in [0.3, 0.4) is 0 Å². The first-order valence-corrected chi connectivity index (χ1v) is 10.5. The van der Waals surface area contributed by atoms with Crippen LogP contribution in [0.4, 0.5) is 10.5 Å². The summed E-state index contributed by atoms with van der Waals surface area (Å²) >= 11 is 0. The number of nitrogens with zero attached hydrogens (tertiary/aromatic N) is 4. The fraction of sp³-hybridized carbons (Fsp3) is 0.471. The minimum absolute atomic E-state index is 0.0198. The van der Waals surface area contributed by atoms with E-state index in [0.717, 1.165) is 0 Å². The molecule has 1 rings (SSSR count). The van der Waals surface area contributed by atoms with Gasteiger partial charge in [0.15, 0.2) is 6.61 Å². The largest absolute Gasteiger partial charge is 0.449 e. The van der Waals surface area contributed by atoms with E-state index < -0.39 is 18.1 Å². The lowest BCUT2D eigenvalue weighted by Gasteiger charge is -2.20. The molecular weight excluding hydrogens is 402 g/mol. The molecule has 0 aliphatic heterocycles. The zero-order valence-corrected chi connectivity index (χ0v) is 17.4. The van der Waals surface area contributed by atoms with Gasteiger partial charge < -0.3 is 14.8 Å². The predicted molar refractivity (Wildman–Crippen MR) is 109 cm³/mol. The van der Waals surface area contributed by atoms with E-state index in [1.165, 1.54) is 10.8 Å². The number of benzene rings is 1. The van der Waals surface area contributed by atoms with E-state index in [9.17, 15) is 9.59 Å². The van der Waals surface area contributed by atoms with E-state index in [1.54, 1.807) is 41.1 Å². The number of ether oxygens (including phenoxy) is 2. The van der Waals surface area contributed by atoms with Crippen LogP contribution in [0, 0.1) is 11.3 Å². The Balaban J connectivity index is 2.59. The Labute approximate surface area is 171 Å². The first-order valence-electron chi connectivity index (χ1n) is 8.16. The van der Waals surface area contributed by atoms with Gasteiger partial charge in [0.1, 0.15) is 18.7 Å². The number of esters is 1. The number of amides is 1. The van der Waals surface area contributed by atoms with Gasteiger partial charge in [-0.25, -0.2) is 9.59 Å². The average molecular weight is 424 g/mol. The maximum absolute atomic E-state index is 12.1. The number of azide groups is 1. The lowest BCUT2D eigenvalue weighted by atomic mass is 10.2. The Hall–Kier alpha value is -2.54. The van der Waals surface area contributed by atoms with Crippen molar-refractivity contribution < 1.29 is 19.1 Å². The van der Waals surface area contributed by atoms with Gasteiger partial charge in [-0.05, 0) is 11.1 Å². The summed E-state index contributed by atoms with van der Waals surface area (Å²) in [5.74, 6) is -0.429. The molecule has 0 radical (unpaired) electrons. The fourth-order valence-electron chi connectivity index (χ4n) is 1.69. The molecule has 11 heteroatoms. The van der Waals surface area contributed by atoms with Gasteiger partial charge in [0.2, 0.25) is 0 Å². The average Bonchev–Trinajstić information content (AvgIpc) is 2.64. The van der Waals surface area contributed by atoms with Crippen LogP contribution in [0.25, 0.3) is 10.4 Å². The smallest absolute Gasteiger partial charge is 0.408 e. The zero-order chi connectivity index (χ0) is 21.0. The molecule has 0 aromatic heterocycles. The van der Waals surface area contributed by atoms with Crippen molar-refractivity contribution in [3.63, 3.8) is 0 Å². The van der Waals surface area contributed by atoms with Gasteiger partial charge in [0, 0.05) is 21.1 Å². The second kappa shape index (κ2) is 12.0. The second-order valence-corrected chi connectivity index (χ2v) is 9.54. The van der Waals surface area contributed by atoms with Crippen molar-refractivity contribution in [2.24, 2.45) is 5.11 Å². The fourth-order valence-corrected chi connectivity index (χ4v) is 4.14. The molecule has 0 spiro atoms. The van der Waals surface area contributed by atoms with Crippen molar-refractivity contribution in [2.45, 2.75) is 38.2 Å².